The highest BCUT2D eigenvalue weighted by molar-refractivity contribution is 6.08. The molecule has 0 unspecified atom stereocenters. The van der Waals surface area contributed by atoms with E-state index in [1.54, 1.807) is 0 Å². The predicted molar refractivity (Wildman–Crippen MR) is 41.6 cm³/mol. The first-order chi connectivity index (χ1) is 5.70. The summed E-state index contributed by atoms with van der Waals surface area (Å²) in [7, 11) is 0. The fourth-order valence-corrected chi connectivity index (χ4v) is 1.53. The molecule has 1 saturated heterocycles. The lowest BCUT2D eigenvalue weighted by Crippen LogP contribution is -2.27. The molecule has 2 aliphatic rings. The van der Waals surface area contributed by atoms with Gasteiger partial charge in [0.25, 0.3) is 0 Å². The Labute approximate surface area is 70.5 Å². The molecule has 0 amide bonds. The zero-order valence-corrected chi connectivity index (χ0v) is 7.11. The molecule has 12 heavy (non-hydrogen) atoms. The van der Waals surface area contributed by atoms with E-state index in [9.17, 15) is 4.79 Å². The molecule has 0 aromatic heterocycles. The molecule has 0 radical (unpaired) electrons. The quantitative estimate of drug-likeness (QED) is 0.576. The summed E-state index contributed by atoms with van der Waals surface area (Å²) in [6.07, 6.45) is -0.435. The zero-order valence-electron chi connectivity index (χ0n) is 7.11. The Balaban J connectivity index is 2.22. The normalized spacial score (nSPS) is 33.6. The second-order valence-electron chi connectivity index (χ2n) is 3.40. The van der Waals surface area contributed by atoms with Crippen molar-refractivity contribution in [3.63, 3.8) is 0 Å². The number of hydrogen-bond donors (Lipinski definition) is 0. The summed E-state index contributed by atoms with van der Waals surface area (Å²) in [5.74, 6) is 0.112. The minimum atomic E-state index is -0.435. The summed E-state index contributed by atoms with van der Waals surface area (Å²) in [5, 5.41) is 3.84. The van der Waals surface area contributed by atoms with Gasteiger partial charge < -0.3 is 9.57 Å². The van der Waals surface area contributed by atoms with Gasteiger partial charge >= 0.3 is 0 Å². The van der Waals surface area contributed by atoms with Crippen LogP contribution in [0, 0.1) is 11.8 Å². The summed E-state index contributed by atoms with van der Waals surface area (Å²) in [6.45, 7) is 4.16. The van der Waals surface area contributed by atoms with Crippen LogP contribution in [0.1, 0.15) is 13.8 Å². The molecule has 2 atom stereocenters. The average molecular weight is 169 g/mol. The van der Waals surface area contributed by atoms with Gasteiger partial charge in [0.15, 0.2) is 5.78 Å². The van der Waals surface area contributed by atoms with Gasteiger partial charge in [-0.2, -0.15) is 0 Å². The highest BCUT2D eigenvalue weighted by Gasteiger charge is 2.46. The third-order valence-electron chi connectivity index (χ3n) is 2.18. The zero-order chi connectivity index (χ0) is 8.72. The Morgan fingerprint density at radius 2 is 2.33 bits per heavy atom. The first kappa shape index (κ1) is 7.73. The van der Waals surface area contributed by atoms with Crippen molar-refractivity contribution in [2.75, 3.05) is 6.61 Å². The smallest absolute Gasteiger partial charge is 0.242 e. The van der Waals surface area contributed by atoms with Crippen LogP contribution in [0.3, 0.4) is 0 Å². The Bertz CT molecular complexity index is 247. The number of Topliss-reactive ketones (excluding diaryl/α,β-unsaturated/α-hetero) is 1. The number of carbonyl (C=O) groups excluding carboxylic acids is 1. The summed E-state index contributed by atoms with van der Waals surface area (Å²) in [6, 6.07) is 0. The molecule has 0 saturated carbocycles. The van der Waals surface area contributed by atoms with Crippen molar-refractivity contribution in [2.24, 2.45) is 17.0 Å². The Kier molecular flexibility index (Phi) is 1.65. The third kappa shape index (κ3) is 0.948. The van der Waals surface area contributed by atoms with Gasteiger partial charge in [0.1, 0.15) is 12.5 Å². The van der Waals surface area contributed by atoms with Crippen LogP contribution in [0.25, 0.3) is 0 Å². The molecule has 0 spiro atoms. The maximum atomic E-state index is 11.3. The molecule has 0 aromatic rings. The lowest BCUT2D eigenvalue weighted by Gasteiger charge is -2.07. The van der Waals surface area contributed by atoms with Gasteiger partial charge in [0, 0.05) is 0 Å². The first-order valence-electron chi connectivity index (χ1n) is 4.08. The van der Waals surface area contributed by atoms with Crippen LogP contribution < -0.4 is 0 Å². The molecule has 0 bridgehead atoms. The molecule has 0 aromatic carbocycles. The molecule has 2 heterocycles. The average Bonchev–Trinajstić information content (AvgIpc) is 2.53. The van der Waals surface area contributed by atoms with Gasteiger partial charge in [0.05, 0.1) is 5.71 Å². The van der Waals surface area contributed by atoms with Gasteiger partial charge in [-0.25, -0.2) is 0 Å². The molecule has 4 nitrogen and oxygen atoms in total. The maximum Gasteiger partial charge on any atom is 0.242 e. The predicted octanol–water partition coefficient (Wildman–Crippen LogP) is 0.570. The van der Waals surface area contributed by atoms with E-state index in [1.807, 2.05) is 13.8 Å². The van der Waals surface area contributed by atoms with Crippen LogP contribution >= 0.6 is 0 Å². The number of ether oxygens (including phenoxy) is 1. The summed E-state index contributed by atoms with van der Waals surface area (Å²) >= 11 is 0. The van der Waals surface area contributed by atoms with Gasteiger partial charge in [-0.15, -0.1) is 0 Å². The number of fused-ring (bicyclic) bond motifs is 1. The highest BCUT2D eigenvalue weighted by atomic mass is 16.8. The highest BCUT2D eigenvalue weighted by Crippen LogP contribution is 2.29. The van der Waals surface area contributed by atoms with E-state index >= 15 is 0 Å². The molecular weight excluding hydrogens is 158 g/mol. The molecule has 0 aliphatic carbocycles. The molecule has 1 fully saturated rings. The van der Waals surface area contributed by atoms with Crippen molar-refractivity contribution in [2.45, 2.75) is 20.1 Å². The van der Waals surface area contributed by atoms with Gasteiger partial charge in [-0.1, -0.05) is 19.0 Å². The monoisotopic (exact) mass is 169 g/mol. The molecule has 4 heteroatoms. The number of ketones is 1. The minimum Gasteiger partial charge on any atom is -0.362 e. The van der Waals surface area contributed by atoms with Gasteiger partial charge in [-0.05, 0) is 5.92 Å². The van der Waals surface area contributed by atoms with Crippen LogP contribution in [-0.2, 0) is 14.4 Å². The number of hydrogen-bond acceptors (Lipinski definition) is 4. The van der Waals surface area contributed by atoms with E-state index in [-0.39, 0.29) is 24.2 Å². The molecule has 0 N–H and O–H groups in total. The number of oxime groups is 1. The van der Waals surface area contributed by atoms with Gasteiger partial charge in [0.2, 0.25) is 6.29 Å². The van der Waals surface area contributed by atoms with Crippen LogP contribution in [0.2, 0.25) is 0 Å². The second kappa shape index (κ2) is 2.55. The largest absolute Gasteiger partial charge is 0.362 e. The van der Waals surface area contributed by atoms with Crippen LogP contribution in [0.5, 0.6) is 0 Å². The molecular formula is C8H11NO3. The van der Waals surface area contributed by atoms with E-state index in [0.29, 0.717) is 0 Å². The Hall–Kier alpha value is -0.900. The van der Waals surface area contributed by atoms with Crippen molar-refractivity contribution in [3.05, 3.63) is 0 Å². The van der Waals surface area contributed by atoms with E-state index in [1.165, 1.54) is 0 Å². The summed E-state index contributed by atoms with van der Waals surface area (Å²) in [4.78, 5) is 16.3. The van der Waals surface area contributed by atoms with Crippen molar-refractivity contribution in [1.82, 2.24) is 0 Å². The number of carbonyl (C=O) groups is 1. The Morgan fingerprint density at radius 1 is 1.58 bits per heavy atom. The first-order valence-corrected chi connectivity index (χ1v) is 4.08. The molecule has 2 rings (SSSR count). The fourth-order valence-electron chi connectivity index (χ4n) is 1.53. The number of rotatable bonds is 1. The summed E-state index contributed by atoms with van der Waals surface area (Å²) < 4.78 is 5.08. The molecule has 66 valence electrons. The standard InChI is InChI=1S/C8H11NO3/c1-4(2)7-6-5(10)3-11-8(6)12-9-7/h4,6,8H,3H2,1-2H3/t6-,8+/m0/s1. The maximum absolute atomic E-state index is 11.3. The van der Waals surface area contributed by atoms with E-state index in [2.05, 4.69) is 5.16 Å². The fraction of sp³-hybridized carbons (Fsp3) is 0.750. The minimum absolute atomic E-state index is 0.0879. The summed E-state index contributed by atoms with van der Waals surface area (Å²) in [5.41, 5.74) is 0.822. The second-order valence-corrected chi connectivity index (χ2v) is 3.40. The van der Waals surface area contributed by atoms with Crippen molar-refractivity contribution in [3.8, 4) is 0 Å². The lowest BCUT2D eigenvalue weighted by molar-refractivity contribution is -0.119. The Morgan fingerprint density at radius 3 is 3.00 bits per heavy atom. The number of nitrogens with zero attached hydrogens (tertiary/aromatic N) is 1. The van der Waals surface area contributed by atoms with Crippen molar-refractivity contribution in [1.29, 1.82) is 0 Å². The van der Waals surface area contributed by atoms with Gasteiger partial charge in [-0.3, -0.25) is 4.79 Å². The van der Waals surface area contributed by atoms with Crippen molar-refractivity contribution >= 4 is 11.5 Å². The topological polar surface area (TPSA) is 47.9 Å². The van der Waals surface area contributed by atoms with Crippen LogP contribution in [0.4, 0.5) is 0 Å². The lowest BCUT2D eigenvalue weighted by atomic mass is 9.92. The van der Waals surface area contributed by atoms with Crippen LogP contribution in [-0.4, -0.2) is 24.4 Å². The van der Waals surface area contributed by atoms with E-state index in [0.717, 1.165) is 5.71 Å². The van der Waals surface area contributed by atoms with Crippen molar-refractivity contribution < 1.29 is 14.4 Å². The molecule has 2 aliphatic heterocycles. The van der Waals surface area contributed by atoms with E-state index in [4.69, 9.17) is 9.57 Å². The van der Waals surface area contributed by atoms with Crippen LogP contribution in [0.15, 0.2) is 5.16 Å². The third-order valence-corrected chi connectivity index (χ3v) is 2.18. The SMILES string of the molecule is CC(C)C1=NO[C@H]2OCC(=O)[C@@H]12. The van der Waals surface area contributed by atoms with E-state index < -0.39 is 6.29 Å².